The molecular weight excluding hydrogens is 312 g/mol. The van der Waals surface area contributed by atoms with Gasteiger partial charge in [0.25, 0.3) is 12.3 Å². The zero-order valence-corrected chi connectivity index (χ0v) is 8.76. The molecule has 0 aliphatic heterocycles. The third kappa shape index (κ3) is 1.97. The van der Waals surface area contributed by atoms with Gasteiger partial charge in [0.05, 0.1) is 17.3 Å². The van der Waals surface area contributed by atoms with Gasteiger partial charge in [-0.2, -0.15) is 0 Å². The van der Waals surface area contributed by atoms with E-state index in [4.69, 9.17) is 5.73 Å². The number of nitrogens with two attached hydrogens (primary N) is 1. The third-order valence-electron chi connectivity index (χ3n) is 1.49. The quantitative estimate of drug-likeness (QED) is 0.669. The van der Waals surface area contributed by atoms with E-state index in [0.717, 1.165) is 0 Å². The topological polar surface area (TPSA) is 56.0 Å². The lowest BCUT2D eigenvalue weighted by Crippen LogP contribution is -2.18. The van der Waals surface area contributed by atoms with Crippen molar-refractivity contribution in [2.45, 2.75) is 6.43 Å². The van der Waals surface area contributed by atoms with Gasteiger partial charge in [0, 0.05) is 0 Å². The van der Waals surface area contributed by atoms with E-state index >= 15 is 0 Å². The van der Waals surface area contributed by atoms with Crippen LogP contribution in [0.2, 0.25) is 0 Å². The highest BCUT2D eigenvalue weighted by molar-refractivity contribution is 14.1. The van der Waals surface area contributed by atoms with Crippen molar-refractivity contribution in [3.8, 4) is 0 Å². The summed E-state index contributed by atoms with van der Waals surface area (Å²) < 4.78 is 37.6. The Labute approximate surface area is 90.6 Å². The Bertz CT molecular complexity index is 383. The van der Waals surface area contributed by atoms with Gasteiger partial charge in [0.2, 0.25) is 0 Å². The molecule has 0 atom stereocenters. The normalized spacial score (nSPS) is 10.6. The molecule has 1 aromatic heterocycles. The number of hydrogen-bond donors (Lipinski definition) is 1. The lowest BCUT2D eigenvalue weighted by molar-refractivity contribution is 0.0981. The van der Waals surface area contributed by atoms with Crippen molar-refractivity contribution in [2.24, 2.45) is 5.73 Å². The van der Waals surface area contributed by atoms with Crippen LogP contribution in [0.3, 0.4) is 0 Å². The molecule has 0 fully saturated rings. The maximum Gasteiger partial charge on any atom is 0.267 e. The highest BCUT2D eigenvalue weighted by atomic mass is 127. The fourth-order valence-corrected chi connectivity index (χ4v) is 1.62. The van der Waals surface area contributed by atoms with E-state index in [2.05, 4.69) is 4.98 Å². The summed E-state index contributed by atoms with van der Waals surface area (Å²) in [4.78, 5) is 14.2. The van der Waals surface area contributed by atoms with E-state index < -0.39 is 29.3 Å². The summed E-state index contributed by atoms with van der Waals surface area (Å²) in [5.74, 6) is -2.34. The van der Waals surface area contributed by atoms with Crippen molar-refractivity contribution in [3.63, 3.8) is 0 Å². The number of carbonyl (C=O) groups excluding carboxylic acids is 1. The minimum atomic E-state index is -3.09. The first-order valence-electron chi connectivity index (χ1n) is 3.37. The Balaban J connectivity index is 3.50. The van der Waals surface area contributed by atoms with Crippen LogP contribution < -0.4 is 5.73 Å². The molecule has 0 aliphatic rings. The summed E-state index contributed by atoms with van der Waals surface area (Å²) in [6.07, 6.45) is -2.45. The summed E-state index contributed by atoms with van der Waals surface area (Å²) >= 11 is 1.54. The van der Waals surface area contributed by atoms with Crippen LogP contribution in [-0.2, 0) is 0 Å². The minimum Gasteiger partial charge on any atom is -0.366 e. The monoisotopic (exact) mass is 316 g/mol. The van der Waals surface area contributed by atoms with Gasteiger partial charge in [-0.25, -0.2) is 18.2 Å². The molecule has 76 valence electrons. The number of aromatic nitrogens is 1. The van der Waals surface area contributed by atoms with Gasteiger partial charge < -0.3 is 5.73 Å². The number of pyridine rings is 1. The molecule has 2 N–H and O–H groups in total. The van der Waals surface area contributed by atoms with Gasteiger partial charge in [-0.3, -0.25) is 4.79 Å². The second-order valence-electron chi connectivity index (χ2n) is 2.35. The summed E-state index contributed by atoms with van der Waals surface area (Å²) in [6, 6.07) is 0. The van der Waals surface area contributed by atoms with E-state index in [0.29, 0.717) is 6.20 Å². The summed E-state index contributed by atoms with van der Waals surface area (Å²) in [7, 11) is 0. The predicted molar refractivity (Wildman–Crippen MR) is 50.4 cm³/mol. The van der Waals surface area contributed by atoms with Crippen LogP contribution in [-0.4, -0.2) is 10.9 Å². The van der Waals surface area contributed by atoms with E-state index in [1.807, 2.05) is 0 Å². The summed E-state index contributed by atoms with van der Waals surface area (Å²) in [5, 5.41) is 0. The van der Waals surface area contributed by atoms with E-state index in [1.54, 1.807) is 0 Å². The molecule has 0 aliphatic carbocycles. The number of alkyl halides is 2. The molecule has 0 saturated carbocycles. The fraction of sp³-hybridized carbons (Fsp3) is 0.143. The van der Waals surface area contributed by atoms with E-state index in [9.17, 15) is 18.0 Å². The summed E-state index contributed by atoms with van der Waals surface area (Å²) in [6.45, 7) is 0. The molecule has 0 saturated heterocycles. The number of amides is 1. The van der Waals surface area contributed by atoms with Crippen molar-refractivity contribution in [2.75, 3.05) is 0 Å². The Morgan fingerprint density at radius 3 is 2.50 bits per heavy atom. The number of hydrogen-bond acceptors (Lipinski definition) is 2. The molecule has 0 aromatic carbocycles. The second kappa shape index (κ2) is 4.11. The molecular formula is C7H4F3IN2O. The molecule has 1 rings (SSSR count). The van der Waals surface area contributed by atoms with Crippen LogP contribution in [0.4, 0.5) is 13.2 Å². The van der Waals surface area contributed by atoms with Gasteiger partial charge in [-0.05, 0) is 22.6 Å². The SMILES string of the molecule is NC(=O)c1c(I)ncc(F)c1C(F)F. The second-order valence-corrected chi connectivity index (χ2v) is 3.37. The first-order chi connectivity index (χ1) is 6.45. The molecule has 0 bridgehead atoms. The highest BCUT2D eigenvalue weighted by Crippen LogP contribution is 2.27. The van der Waals surface area contributed by atoms with Crippen molar-refractivity contribution in [1.29, 1.82) is 0 Å². The molecule has 1 heterocycles. The molecule has 14 heavy (non-hydrogen) atoms. The van der Waals surface area contributed by atoms with Crippen molar-refractivity contribution in [1.82, 2.24) is 4.98 Å². The van der Waals surface area contributed by atoms with E-state index in [-0.39, 0.29) is 3.70 Å². The van der Waals surface area contributed by atoms with Crippen molar-refractivity contribution in [3.05, 3.63) is 26.8 Å². The summed E-state index contributed by atoms with van der Waals surface area (Å²) in [5.41, 5.74) is 3.29. The maximum absolute atomic E-state index is 12.9. The molecule has 0 spiro atoms. The smallest absolute Gasteiger partial charge is 0.267 e. The van der Waals surface area contributed by atoms with Crippen LogP contribution in [0.1, 0.15) is 22.3 Å². The van der Waals surface area contributed by atoms with Gasteiger partial charge >= 0.3 is 0 Å². The Hall–Kier alpha value is -0.860. The molecule has 1 aromatic rings. The molecule has 0 radical (unpaired) electrons. The van der Waals surface area contributed by atoms with Crippen LogP contribution >= 0.6 is 22.6 Å². The lowest BCUT2D eigenvalue weighted by atomic mass is 10.1. The zero-order chi connectivity index (χ0) is 10.9. The molecule has 3 nitrogen and oxygen atoms in total. The van der Waals surface area contributed by atoms with Crippen molar-refractivity contribution >= 4 is 28.5 Å². The number of nitrogens with zero attached hydrogens (tertiary/aromatic N) is 1. The Morgan fingerprint density at radius 2 is 2.14 bits per heavy atom. The third-order valence-corrected chi connectivity index (χ3v) is 2.31. The average molecular weight is 316 g/mol. The number of carbonyl (C=O) groups is 1. The number of primary amides is 1. The highest BCUT2D eigenvalue weighted by Gasteiger charge is 2.24. The van der Waals surface area contributed by atoms with Crippen LogP contribution in [0.25, 0.3) is 0 Å². The van der Waals surface area contributed by atoms with Gasteiger partial charge in [0.15, 0.2) is 5.82 Å². The zero-order valence-electron chi connectivity index (χ0n) is 6.60. The van der Waals surface area contributed by atoms with Crippen LogP contribution in [0, 0.1) is 9.52 Å². The maximum atomic E-state index is 12.9. The minimum absolute atomic E-state index is 0.0354. The fourth-order valence-electron chi connectivity index (χ4n) is 0.926. The lowest BCUT2D eigenvalue weighted by Gasteiger charge is -2.07. The van der Waals surface area contributed by atoms with Gasteiger partial charge in [-0.1, -0.05) is 0 Å². The largest absolute Gasteiger partial charge is 0.366 e. The number of halogens is 4. The van der Waals surface area contributed by atoms with Crippen LogP contribution in [0.5, 0.6) is 0 Å². The first kappa shape index (κ1) is 11.2. The van der Waals surface area contributed by atoms with Gasteiger partial charge in [-0.15, -0.1) is 0 Å². The molecule has 0 unspecified atom stereocenters. The standard InChI is InChI=1S/C7H4F3IN2O/c8-2-1-13-6(11)4(7(12)14)3(2)5(9)10/h1,5H,(H2,12,14). The van der Waals surface area contributed by atoms with Crippen molar-refractivity contribution < 1.29 is 18.0 Å². The first-order valence-corrected chi connectivity index (χ1v) is 4.45. The molecule has 7 heteroatoms. The van der Waals surface area contributed by atoms with Crippen LogP contribution in [0.15, 0.2) is 6.20 Å². The number of rotatable bonds is 2. The van der Waals surface area contributed by atoms with E-state index in [1.165, 1.54) is 22.6 Å². The van der Waals surface area contributed by atoms with Gasteiger partial charge in [0.1, 0.15) is 3.70 Å². The molecule has 1 amide bonds. The Morgan fingerprint density at radius 1 is 1.57 bits per heavy atom. The average Bonchev–Trinajstić information content (AvgIpc) is 2.07. The Kier molecular flexibility index (Phi) is 3.29. The predicted octanol–water partition coefficient (Wildman–Crippen LogP) is 1.86.